The van der Waals surface area contributed by atoms with Gasteiger partial charge < -0.3 is 63.1 Å². The smallest absolute Gasteiger partial charge is 0.408 e. The molecule has 2 aromatic carbocycles. The number of cyclic esters (lactones) is 4. The highest BCUT2D eigenvalue weighted by Crippen LogP contribution is 2.29. The molecule has 2 amide bonds. The molecule has 2 saturated heterocycles. The van der Waals surface area contributed by atoms with Crippen LogP contribution in [0.3, 0.4) is 0 Å². The van der Waals surface area contributed by atoms with E-state index in [9.17, 15) is 43.5 Å². The van der Waals surface area contributed by atoms with E-state index in [0.29, 0.717) is 13.2 Å². The molecular formula is C54H71N3O19. The van der Waals surface area contributed by atoms with Gasteiger partial charge in [-0.2, -0.15) is 0 Å². The van der Waals surface area contributed by atoms with E-state index >= 15 is 0 Å². The standard InChI is InChI=1S/C28H34N2O10.C26H37NO9/c1-16(2)26(33)40-24-17(3)39-28(35)20(30-25(32)22-23(31)21(36-4)10-12-29-22)15-38-27(34)19(24)11-13-37-14-18-8-6-5-7-9-18;1-16(2)22(28)35-21-17(3)34-24(30)20(27-25(31)36-26(4,5)6)15-33-23(29)19(21)12-13-32-14-18-10-8-7-9-11-18/h5-10,12,16-17,19-20,24,31H,11,13-15H2,1-4H3,(H,30,32);7-11,16-17,19-21H,12-15H2,1-6H3,(H,27,31)/t17-,19+,20-,24-;17-,19+,20-,21-/m00/s1. The van der Waals surface area contributed by atoms with Crippen LogP contribution in [0.1, 0.15) is 96.8 Å². The lowest BCUT2D eigenvalue weighted by atomic mass is 9.94. The second-order valence-corrected chi connectivity index (χ2v) is 19.5. The number of aromatic hydroxyl groups is 1. The molecule has 0 aliphatic carbocycles. The zero-order valence-corrected chi connectivity index (χ0v) is 44.6. The number of methoxy groups -OCH3 is 1. The summed E-state index contributed by atoms with van der Waals surface area (Å²) < 4.78 is 54.6. The number of nitrogens with one attached hydrogen (secondary N) is 2. The van der Waals surface area contributed by atoms with Crippen molar-refractivity contribution in [2.75, 3.05) is 33.5 Å². The van der Waals surface area contributed by atoms with Gasteiger partial charge in [0.2, 0.25) is 0 Å². The zero-order valence-electron chi connectivity index (χ0n) is 44.6. The first-order valence-electron chi connectivity index (χ1n) is 24.9. The minimum Gasteiger partial charge on any atom is -0.503 e. The van der Waals surface area contributed by atoms with Crippen LogP contribution in [0.15, 0.2) is 72.9 Å². The maximum atomic E-state index is 13.2. The van der Waals surface area contributed by atoms with Crippen LogP contribution in [0.5, 0.6) is 11.5 Å². The highest BCUT2D eigenvalue weighted by molar-refractivity contribution is 5.98. The lowest BCUT2D eigenvalue weighted by Gasteiger charge is -2.29. The Morgan fingerprint density at radius 3 is 1.51 bits per heavy atom. The number of carbonyl (C=O) groups excluding carboxylic acids is 8. The number of nitrogens with zero attached hydrogens (tertiary/aromatic N) is 1. The number of esters is 6. The van der Waals surface area contributed by atoms with Crippen molar-refractivity contribution in [3.8, 4) is 11.5 Å². The first kappa shape index (κ1) is 61.2. The average Bonchev–Trinajstić information content (AvgIpc) is 3.43. The Kier molecular flexibility index (Phi) is 23.9. The Bertz CT molecular complexity index is 2410. The van der Waals surface area contributed by atoms with Crippen LogP contribution in [0.2, 0.25) is 0 Å². The number of hydrogen-bond acceptors (Lipinski definition) is 20. The van der Waals surface area contributed by atoms with Crippen molar-refractivity contribution in [2.24, 2.45) is 23.7 Å². The predicted molar refractivity (Wildman–Crippen MR) is 268 cm³/mol. The van der Waals surface area contributed by atoms with E-state index in [0.717, 1.165) is 11.1 Å². The molecule has 0 bridgehead atoms. The van der Waals surface area contributed by atoms with E-state index in [1.165, 1.54) is 33.2 Å². The molecule has 0 unspecified atom stereocenters. The second-order valence-electron chi connectivity index (χ2n) is 19.5. The molecule has 8 atom stereocenters. The largest absolute Gasteiger partial charge is 0.503 e. The van der Waals surface area contributed by atoms with Crippen LogP contribution in [0, 0.1) is 23.7 Å². The van der Waals surface area contributed by atoms with Crippen molar-refractivity contribution in [1.29, 1.82) is 0 Å². The van der Waals surface area contributed by atoms with Gasteiger partial charge in [-0.3, -0.25) is 24.0 Å². The number of carbonyl (C=O) groups is 8. The summed E-state index contributed by atoms with van der Waals surface area (Å²) in [6.07, 6.45) is -3.66. The molecule has 2 aliphatic heterocycles. The van der Waals surface area contributed by atoms with Crippen molar-refractivity contribution < 1.29 is 90.8 Å². The minimum absolute atomic E-state index is 0.00405. The Balaban J connectivity index is 0.000000330. The minimum atomic E-state index is -1.43. The first-order chi connectivity index (χ1) is 36.0. The van der Waals surface area contributed by atoms with E-state index in [1.54, 1.807) is 48.5 Å². The average molecular weight is 1070 g/mol. The Labute approximate surface area is 442 Å². The van der Waals surface area contributed by atoms with Crippen molar-refractivity contribution in [2.45, 2.75) is 130 Å². The fourth-order valence-corrected chi connectivity index (χ4v) is 7.32. The molecule has 22 nitrogen and oxygen atoms in total. The molecule has 3 aromatic rings. The van der Waals surface area contributed by atoms with E-state index in [2.05, 4.69) is 15.6 Å². The van der Waals surface area contributed by atoms with Crippen LogP contribution in [-0.2, 0) is 84.6 Å². The molecule has 0 spiro atoms. The Morgan fingerprint density at radius 2 is 1.11 bits per heavy atom. The normalized spacial score (nSPS) is 22.1. The summed E-state index contributed by atoms with van der Waals surface area (Å²) in [4.78, 5) is 106. The fourth-order valence-electron chi connectivity index (χ4n) is 7.32. The van der Waals surface area contributed by atoms with Crippen molar-refractivity contribution in [3.05, 3.63) is 89.7 Å². The fraction of sp³-hybridized carbons (Fsp3) is 0.537. The number of pyridine rings is 1. The molecule has 2 fully saturated rings. The quantitative estimate of drug-likeness (QED) is 0.0824. The predicted octanol–water partition coefficient (Wildman–Crippen LogP) is 5.33. The maximum Gasteiger partial charge on any atom is 0.408 e. The lowest BCUT2D eigenvalue weighted by molar-refractivity contribution is -0.177. The van der Waals surface area contributed by atoms with Gasteiger partial charge in [0.25, 0.3) is 5.91 Å². The van der Waals surface area contributed by atoms with E-state index in [4.69, 9.17) is 47.4 Å². The monoisotopic (exact) mass is 1070 g/mol. The van der Waals surface area contributed by atoms with Gasteiger partial charge in [-0.05, 0) is 58.6 Å². The Hall–Kier alpha value is -7.33. The van der Waals surface area contributed by atoms with Gasteiger partial charge in [0.15, 0.2) is 41.5 Å². The van der Waals surface area contributed by atoms with Gasteiger partial charge in [-0.1, -0.05) is 88.4 Å². The molecule has 22 heteroatoms. The Morgan fingerprint density at radius 1 is 0.671 bits per heavy atom. The number of amides is 2. The van der Waals surface area contributed by atoms with Crippen molar-refractivity contribution in [1.82, 2.24) is 15.6 Å². The van der Waals surface area contributed by atoms with Crippen LogP contribution < -0.4 is 15.4 Å². The van der Waals surface area contributed by atoms with Crippen LogP contribution in [0.4, 0.5) is 4.79 Å². The summed E-state index contributed by atoms with van der Waals surface area (Å²) in [6.45, 7) is 14.6. The van der Waals surface area contributed by atoms with Gasteiger partial charge in [0, 0.05) is 25.5 Å². The molecule has 3 heterocycles. The van der Waals surface area contributed by atoms with Gasteiger partial charge in [0.05, 0.1) is 44.0 Å². The molecule has 1 aromatic heterocycles. The van der Waals surface area contributed by atoms with E-state index < -0.39 is 138 Å². The molecule has 3 N–H and O–H groups in total. The van der Waals surface area contributed by atoms with Gasteiger partial charge in [-0.15, -0.1) is 0 Å². The summed E-state index contributed by atoms with van der Waals surface area (Å²) in [6, 6.07) is 17.6. The van der Waals surface area contributed by atoms with Crippen molar-refractivity contribution >= 4 is 47.8 Å². The summed E-state index contributed by atoms with van der Waals surface area (Å²) in [7, 11) is 1.30. The number of hydrogen-bond donors (Lipinski definition) is 3. The number of ether oxygens (including phenoxy) is 10. The molecule has 5 rings (SSSR count). The number of benzene rings is 2. The maximum absolute atomic E-state index is 13.2. The summed E-state index contributed by atoms with van der Waals surface area (Å²) in [5, 5.41) is 15.0. The van der Waals surface area contributed by atoms with Crippen LogP contribution in [-0.4, -0.2) is 134 Å². The SMILES string of the molecule is CC(C)C(=O)O[C@H]1[C@H](C)OC(=O)[C@@H](NC(=O)OC(C)(C)C)COC(=O)[C@@H]1CCOCc1ccccc1.COc1ccnc(C(=O)N[C@H]2COC(=O)[C@H](CCOCc3ccccc3)[C@@H](OC(=O)C(C)C)[C@H](C)OC2=O)c1O. The molecular weight excluding hydrogens is 995 g/mol. The molecule has 416 valence electrons. The number of rotatable bonds is 18. The third-order valence-corrected chi connectivity index (χ3v) is 11.4. The van der Waals surface area contributed by atoms with Crippen LogP contribution >= 0.6 is 0 Å². The molecule has 0 saturated carbocycles. The van der Waals surface area contributed by atoms with Gasteiger partial charge in [0.1, 0.15) is 31.0 Å². The molecule has 2 aliphatic rings. The lowest BCUT2D eigenvalue weighted by Crippen LogP contribution is -2.48. The first-order valence-corrected chi connectivity index (χ1v) is 24.9. The van der Waals surface area contributed by atoms with Gasteiger partial charge in [-0.25, -0.2) is 19.4 Å². The highest BCUT2D eigenvalue weighted by Gasteiger charge is 2.44. The van der Waals surface area contributed by atoms with E-state index in [-0.39, 0.29) is 31.8 Å². The summed E-state index contributed by atoms with van der Waals surface area (Å²) >= 11 is 0. The second kappa shape index (κ2) is 29.7. The third-order valence-electron chi connectivity index (χ3n) is 11.4. The summed E-state index contributed by atoms with van der Waals surface area (Å²) in [5.41, 5.74) is 0.719. The topological polar surface area (TPSA) is 286 Å². The van der Waals surface area contributed by atoms with Crippen LogP contribution in [0.25, 0.3) is 0 Å². The molecule has 76 heavy (non-hydrogen) atoms. The van der Waals surface area contributed by atoms with E-state index in [1.807, 2.05) is 60.7 Å². The summed E-state index contributed by atoms with van der Waals surface area (Å²) in [5.74, 6) is -8.72. The van der Waals surface area contributed by atoms with Crippen molar-refractivity contribution in [3.63, 3.8) is 0 Å². The number of aromatic nitrogens is 1. The molecule has 0 radical (unpaired) electrons. The third kappa shape index (κ3) is 19.4. The highest BCUT2D eigenvalue weighted by atomic mass is 16.6. The zero-order chi connectivity index (χ0) is 56.1. The van der Waals surface area contributed by atoms with Gasteiger partial charge >= 0.3 is 41.9 Å². The number of alkyl carbamates (subject to hydrolysis) is 1.